The highest BCUT2D eigenvalue weighted by Crippen LogP contribution is 2.33. The first-order valence-corrected chi connectivity index (χ1v) is 8.66. The predicted molar refractivity (Wildman–Crippen MR) is 80.6 cm³/mol. The number of hydrogen-bond acceptors (Lipinski definition) is 3. The second kappa shape index (κ2) is 6.12. The zero-order chi connectivity index (χ0) is 15.8. The van der Waals surface area contributed by atoms with Crippen LogP contribution < -0.4 is 0 Å². The third kappa shape index (κ3) is 3.18. The molecule has 5 nitrogen and oxygen atoms in total. The van der Waals surface area contributed by atoms with E-state index in [9.17, 15) is 13.2 Å². The fraction of sp³-hybridized carbons (Fsp3) is 0.462. The molecule has 1 aromatic carbocycles. The van der Waals surface area contributed by atoms with Gasteiger partial charge < -0.3 is 5.11 Å². The van der Waals surface area contributed by atoms with Crippen LogP contribution in [0, 0.1) is 5.92 Å². The lowest BCUT2D eigenvalue weighted by atomic mass is 10.0. The van der Waals surface area contributed by atoms with Gasteiger partial charge in [0.1, 0.15) is 4.90 Å². The standard InChI is InChI=1S/C13H15Cl2NO4S/c1-8-4-6-16(7-5-8)21(19,20)10-3-2-9(14)11(12(10)15)13(17)18/h2-3,8H,4-7H2,1H3,(H,17,18). The summed E-state index contributed by atoms with van der Waals surface area (Å²) < 4.78 is 26.6. The maximum Gasteiger partial charge on any atom is 0.338 e. The lowest BCUT2D eigenvalue weighted by Crippen LogP contribution is -2.38. The molecule has 1 heterocycles. The Morgan fingerprint density at radius 3 is 2.38 bits per heavy atom. The molecule has 2 rings (SSSR count). The first kappa shape index (κ1) is 16.5. The number of sulfonamides is 1. The van der Waals surface area contributed by atoms with E-state index >= 15 is 0 Å². The molecule has 0 spiro atoms. The van der Waals surface area contributed by atoms with Crippen molar-refractivity contribution in [2.75, 3.05) is 13.1 Å². The molecule has 0 saturated carbocycles. The largest absolute Gasteiger partial charge is 0.478 e. The van der Waals surface area contributed by atoms with Gasteiger partial charge in [0.15, 0.2) is 0 Å². The molecule has 1 N–H and O–H groups in total. The van der Waals surface area contributed by atoms with Crippen molar-refractivity contribution >= 4 is 39.2 Å². The van der Waals surface area contributed by atoms with Crippen molar-refractivity contribution < 1.29 is 18.3 Å². The van der Waals surface area contributed by atoms with E-state index in [0.29, 0.717) is 19.0 Å². The minimum absolute atomic E-state index is 0.0845. The van der Waals surface area contributed by atoms with Gasteiger partial charge in [-0.3, -0.25) is 0 Å². The Labute approximate surface area is 133 Å². The molecule has 116 valence electrons. The number of carboxylic acids is 1. The zero-order valence-electron chi connectivity index (χ0n) is 11.3. The van der Waals surface area contributed by atoms with E-state index in [1.165, 1.54) is 16.4 Å². The minimum atomic E-state index is -3.81. The van der Waals surface area contributed by atoms with E-state index in [-0.39, 0.29) is 20.5 Å². The van der Waals surface area contributed by atoms with Crippen molar-refractivity contribution in [1.82, 2.24) is 4.31 Å². The van der Waals surface area contributed by atoms with Gasteiger partial charge in [-0.05, 0) is 30.9 Å². The molecule has 1 aliphatic heterocycles. The van der Waals surface area contributed by atoms with Crippen LogP contribution >= 0.6 is 23.2 Å². The summed E-state index contributed by atoms with van der Waals surface area (Å²) in [6.07, 6.45) is 1.55. The second-order valence-corrected chi connectivity index (χ2v) is 7.82. The number of rotatable bonds is 3. The molecule has 0 aromatic heterocycles. The number of piperidine rings is 1. The molecule has 1 aliphatic rings. The van der Waals surface area contributed by atoms with Crippen LogP contribution in [-0.4, -0.2) is 36.9 Å². The lowest BCUT2D eigenvalue weighted by Gasteiger charge is -2.29. The van der Waals surface area contributed by atoms with Crippen LogP contribution in [0.15, 0.2) is 17.0 Å². The smallest absolute Gasteiger partial charge is 0.338 e. The summed E-state index contributed by atoms with van der Waals surface area (Å²) in [6, 6.07) is 2.50. The molecule has 1 aromatic rings. The number of carbonyl (C=O) groups is 1. The summed E-state index contributed by atoms with van der Waals surface area (Å²) in [5, 5.41) is 8.68. The average Bonchev–Trinajstić information content (AvgIpc) is 2.38. The SMILES string of the molecule is CC1CCN(S(=O)(=O)c2ccc(Cl)c(C(=O)O)c2Cl)CC1. The van der Waals surface area contributed by atoms with Gasteiger partial charge in [0.05, 0.1) is 15.6 Å². The van der Waals surface area contributed by atoms with Crippen molar-refractivity contribution in [2.24, 2.45) is 5.92 Å². The van der Waals surface area contributed by atoms with Crippen LogP contribution in [0.3, 0.4) is 0 Å². The van der Waals surface area contributed by atoms with Crippen molar-refractivity contribution in [2.45, 2.75) is 24.7 Å². The van der Waals surface area contributed by atoms with Crippen LogP contribution in [0.4, 0.5) is 0 Å². The summed E-state index contributed by atoms with van der Waals surface area (Å²) in [4.78, 5) is 11.0. The van der Waals surface area contributed by atoms with E-state index in [1.807, 2.05) is 0 Å². The van der Waals surface area contributed by atoms with Crippen molar-refractivity contribution in [3.8, 4) is 0 Å². The van der Waals surface area contributed by atoms with Gasteiger partial charge in [0.25, 0.3) is 0 Å². The Kier molecular flexibility index (Phi) is 4.82. The molecule has 0 amide bonds. The summed E-state index contributed by atoms with van der Waals surface area (Å²) in [5.74, 6) is -0.874. The summed E-state index contributed by atoms with van der Waals surface area (Å²) >= 11 is 11.7. The second-order valence-electron chi connectivity index (χ2n) is 5.13. The summed E-state index contributed by atoms with van der Waals surface area (Å²) in [5.41, 5.74) is -0.384. The highest BCUT2D eigenvalue weighted by Gasteiger charge is 2.32. The molecule has 0 radical (unpaired) electrons. The van der Waals surface area contributed by atoms with Crippen molar-refractivity contribution in [3.63, 3.8) is 0 Å². The Morgan fingerprint density at radius 2 is 1.86 bits per heavy atom. The first-order chi connectivity index (χ1) is 9.75. The van der Waals surface area contributed by atoms with Gasteiger partial charge in [-0.1, -0.05) is 30.1 Å². The molecule has 1 saturated heterocycles. The fourth-order valence-corrected chi connectivity index (χ4v) is 4.66. The Bertz CT molecular complexity index is 667. The predicted octanol–water partition coefficient (Wildman–Crippen LogP) is 3.11. The fourth-order valence-electron chi connectivity index (χ4n) is 2.29. The number of aromatic carboxylic acids is 1. The lowest BCUT2D eigenvalue weighted by molar-refractivity contribution is 0.0697. The van der Waals surface area contributed by atoms with Crippen LogP contribution in [0.1, 0.15) is 30.1 Å². The summed E-state index contributed by atoms with van der Waals surface area (Å²) in [7, 11) is -3.81. The molecule has 0 bridgehead atoms. The molecule has 0 unspecified atom stereocenters. The van der Waals surface area contributed by atoms with Crippen LogP contribution in [0.25, 0.3) is 0 Å². The maximum atomic E-state index is 12.6. The highest BCUT2D eigenvalue weighted by molar-refractivity contribution is 7.89. The Balaban J connectivity index is 2.46. The quantitative estimate of drug-likeness (QED) is 0.907. The van der Waals surface area contributed by atoms with Gasteiger partial charge in [0, 0.05) is 13.1 Å². The number of halogens is 2. The summed E-state index contributed by atoms with van der Waals surface area (Å²) in [6.45, 7) is 2.89. The van der Waals surface area contributed by atoms with E-state index in [0.717, 1.165) is 12.8 Å². The molecule has 0 aliphatic carbocycles. The zero-order valence-corrected chi connectivity index (χ0v) is 13.7. The van der Waals surface area contributed by atoms with E-state index in [4.69, 9.17) is 28.3 Å². The third-order valence-corrected chi connectivity index (χ3v) is 6.39. The van der Waals surface area contributed by atoms with Gasteiger partial charge >= 0.3 is 5.97 Å². The topological polar surface area (TPSA) is 74.7 Å². The van der Waals surface area contributed by atoms with Gasteiger partial charge in [-0.2, -0.15) is 4.31 Å². The normalized spacial score (nSPS) is 17.9. The van der Waals surface area contributed by atoms with E-state index in [2.05, 4.69) is 6.92 Å². The molecular weight excluding hydrogens is 337 g/mol. The minimum Gasteiger partial charge on any atom is -0.478 e. The van der Waals surface area contributed by atoms with Crippen LogP contribution in [0.5, 0.6) is 0 Å². The number of carboxylic acid groups (broad SMARTS) is 1. The molecule has 21 heavy (non-hydrogen) atoms. The molecule has 0 atom stereocenters. The van der Waals surface area contributed by atoms with Gasteiger partial charge in [-0.15, -0.1) is 0 Å². The van der Waals surface area contributed by atoms with Crippen LogP contribution in [0.2, 0.25) is 10.0 Å². The van der Waals surface area contributed by atoms with Crippen molar-refractivity contribution in [1.29, 1.82) is 0 Å². The highest BCUT2D eigenvalue weighted by atomic mass is 35.5. The first-order valence-electron chi connectivity index (χ1n) is 6.46. The van der Waals surface area contributed by atoms with E-state index in [1.54, 1.807) is 0 Å². The number of benzene rings is 1. The number of nitrogens with zero attached hydrogens (tertiary/aromatic N) is 1. The molecule has 8 heteroatoms. The van der Waals surface area contributed by atoms with Crippen molar-refractivity contribution in [3.05, 3.63) is 27.7 Å². The monoisotopic (exact) mass is 351 g/mol. The molecule has 1 fully saturated rings. The van der Waals surface area contributed by atoms with Gasteiger partial charge in [0.2, 0.25) is 10.0 Å². The molecular formula is C13H15Cl2NO4S. The Hall–Kier alpha value is -0.820. The Morgan fingerprint density at radius 1 is 1.29 bits per heavy atom. The van der Waals surface area contributed by atoms with Crippen LogP contribution in [-0.2, 0) is 10.0 Å². The van der Waals surface area contributed by atoms with E-state index < -0.39 is 16.0 Å². The third-order valence-electron chi connectivity index (χ3n) is 3.63. The average molecular weight is 352 g/mol. The van der Waals surface area contributed by atoms with Gasteiger partial charge in [-0.25, -0.2) is 13.2 Å². The maximum absolute atomic E-state index is 12.6. The number of hydrogen-bond donors (Lipinski definition) is 1.